The second kappa shape index (κ2) is 9.95. The Morgan fingerprint density at radius 2 is 1.97 bits per heavy atom. The van der Waals surface area contributed by atoms with E-state index in [1.165, 1.54) is 25.3 Å². The lowest BCUT2D eigenvalue weighted by Crippen LogP contribution is -2.32. The quantitative estimate of drug-likeness (QED) is 0.329. The van der Waals surface area contributed by atoms with Crippen molar-refractivity contribution in [3.63, 3.8) is 0 Å². The molecule has 0 saturated carbocycles. The molecular formula is C23H24N2O7S. The zero-order chi connectivity index (χ0) is 24.3. The van der Waals surface area contributed by atoms with Crippen LogP contribution in [0.5, 0.6) is 17.2 Å². The van der Waals surface area contributed by atoms with E-state index in [-0.39, 0.29) is 35.3 Å². The Labute approximate surface area is 195 Å². The van der Waals surface area contributed by atoms with Gasteiger partial charge in [0, 0.05) is 0 Å². The van der Waals surface area contributed by atoms with E-state index < -0.39 is 27.5 Å². The van der Waals surface area contributed by atoms with Crippen molar-refractivity contribution in [2.45, 2.75) is 26.7 Å². The van der Waals surface area contributed by atoms with Crippen molar-refractivity contribution >= 4 is 34.7 Å². The first-order valence-electron chi connectivity index (χ1n) is 10.2. The maximum atomic E-state index is 12.8. The van der Waals surface area contributed by atoms with Crippen molar-refractivity contribution in [2.75, 3.05) is 20.3 Å². The first-order valence-corrected chi connectivity index (χ1v) is 11.0. The third-order valence-electron chi connectivity index (χ3n) is 5.05. The number of nitrogens with zero attached hydrogens (tertiary/aromatic N) is 2. The summed E-state index contributed by atoms with van der Waals surface area (Å²) >= 11 is 0.689. The predicted octanol–water partition coefficient (Wildman–Crippen LogP) is 4.86. The van der Waals surface area contributed by atoms with E-state index in [0.29, 0.717) is 17.5 Å². The number of thioether (sulfide) groups is 1. The van der Waals surface area contributed by atoms with Gasteiger partial charge < -0.3 is 14.6 Å². The van der Waals surface area contributed by atoms with Crippen LogP contribution in [0.4, 0.5) is 10.5 Å². The molecule has 0 aromatic heterocycles. The Bertz CT molecular complexity index is 1140. The molecule has 1 aliphatic heterocycles. The highest BCUT2D eigenvalue weighted by Crippen LogP contribution is 2.41. The Kier molecular flexibility index (Phi) is 7.27. The Hall–Kier alpha value is -3.53. The lowest BCUT2D eigenvalue weighted by atomic mass is 10.0. The van der Waals surface area contributed by atoms with Gasteiger partial charge in [0.2, 0.25) is 5.75 Å². The van der Waals surface area contributed by atoms with Crippen molar-refractivity contribution in [1.82, 2.24) is 4.90 Å². The van der Waals surface area contributed by atoms with Crippen molar-refractivity contribution < 1.29 is 29.1 Å². The van der Waals surface area contributed by atoms with Gasteiger partial charge in [-0.25, -0.2) is 0 Å². The largest absolute Gasteiger partial charge is 0.504 e. The minimum atomic E-state index is -0.712. The molecule has 1 saturated heterocycles. The maximum absolute atomic E-state index is 12.8. The SMILES string of the molecule is COc1c(O)ccc(/C=C2\SC(=O)N(CCOc3cc(C)ccc3C(C)C)C2=O)c1[N+](=O)[O-]. The van der Waals surface area contributed by atoms with Crippen LogP contribution >= 0.6 is 11.8 Å². The summed E-state index contributed by atoms with van der Waals surface area (Å²) in [6, 6.07) is 8.43. The summed E-state index contributed by atoms with van der Waals surface area (Å²) < 4.78 is 10.8. The van der Waals surface area contributed by atoms with Gasteiger partial charge in [-0.2, -0.15) is 0 Å². The second-order valence-electron chi connectivity index (χ2n) is 7.69. The molecule has 1 aliphatic rings. The number of aromatic hydroxyl groups is 1. The van der Waals surface area contributed by atoms with Crippen molar-refractivity contribution in [1.29, 1.82) is 0 Å². The van der Waals surface area contributed by atoms with Crippen LogP contribution in [0.3, 0.4) is 0 Å². The van der Waals surface area contributed by atoms with Crippen LogP contribution in [0.25, 0.3) is 6.08 Å². The fraction of sp³-hybridized carbons (Fsp3) is 0.304. The highest BCUT2D eigenvalue weighted by Gasteiger charge is 2.36. The fourth-order valence-corrected chi connectivity index (χ4v) is 4.26. The zero-order valence-electron chi connectivity index (χ0n) is 18.7. The van der Waals surface area contributed by atoms with E-state index in [9.17, 15) is 24.8 Å². The normalized spacial score (nSPS) is 14.9. The predicted molar refractivity (Wildman–Crippen MR) is 125 cm³/mol. The molecule has 1 N–H and O–H groups in total. The van der Waals surface area contributed by atoms with Crippen LogP contribution in [0.2, 0.25) is 0 Å². The van der Waals surface area contributed by atoms with E-state index in [0.717, 1.165) is 16.0 Å². The number of carbonyl (C=O) groups is 2. The van der Waals surface area contributed by atoms with Gasteiger partial charge in [-0.15, -0.1) is 0 Å². The average Bonchev–Trinajstić information content (AvgIpc) is 3.01. The number of nitro benzene ring substituents is 1. The summed E-state index contributed by atoms with van der Waals surface area (Å²) in [6.07, 6.45) is 1.25. The number of carbonyl (C=O) groups excluding carboxylic acids is 2. The number of phenolic OH excluding ortho intramolecular Hbond substituents is 1. The van der Waals surface area contributed by atoms with E-state index >= 15 is 0 Å². The van der Waals surface area contributed by atoms with Crippen LogP contribution in [0.1, 0.15) is 36.5 Å². The molecule has 2 amide bonds. The maximum Gasteiger partial charge on any atom is 0.322 e. The lowest BCUT2D eigenvalue weighted by Gasteiger charge is -2.17. The van der Waals surface area contributed by atoms with Crippen molar-refractivity contribution in [3.05, 3.63) is 62.0 Å². The molecule has 2 aromatic rings. The molecule has 0 spiro atoms. The van der Waals surface area contributed by atoms with Crippen LogP contribution < -0.4 is 9.47 Å². The zero-order valence-corrected chi connectivity index (χ0v) is 19.5. The van der Waals surface area contributed by atoms with Crippen molar-refractivity contribution in [3.8, 4) is 17.2 Å². The van der Waals surface area contributed by atoms with Gasteiger partial charge in [-0.3, -0.25) is 24.6 Å². The molecule has 1 fully saturated rings. The van der Waals surface area contributed by atoms with Crippen LogP contribution in [0, 0.1) is 17.0 Å². The minimum absolute atomic E-state index is 0.0362. The Morgan fingerprint density at radius 3 is 2.61 bits per heavy atom. The number of methoxy groups -OCH3 is 1. The van der Waals surface area contributed by atoms with E-state index in [1.54, 1.807) is 0 Å². The molecule has 0 atom stereocenters. The number of imide groups is 1. The Morgan fingerprint density at radius 1 is 1.24 bits per heavy atom. The Balaban J connectivity index is 1.78. The summed E-state index contributed by atoms with van der Waals surface area (Å²) in [5, 5.41) is 20.8. The first-order chi connectivity index (χ1) is 15.6. The molecule has 1 heterocycles. The summed E-state index contributed by atoms with van der Waals surface area (Å²) in [5.74, 6) is -0.328. The van der Waals surface area contributed by atoms with E-state index in [1.807, 2.05) is 25.1 Å². The van der Waals surface area contributed by atoms with Gasteiger partial charge in [-0.1, -0.05) is 26.0 Å². The topological polar surface area (TPSA) is 119 Å². The number of amides is 2. The monoisotopic (exact) mass is 472 g/mol. The third kappa shape index (κ3) is 5.11. The molecule has 174 valence electrons. The number of benzene rings is 2. The molecule has 2 aromatic carbocycles. The van der Waals surface area contributed by atoms with Gasteiger partial charge in [0.05, 0.1) is 29.0 Å². The molecule has 9 nitrogen and oxygen atoms in total. The number of ether oxygens (including phenoxy) is 2. The average molecular weight is 473 g/mol. The molecule has 0 radical (unpaired) electrons. The molecule has 3 rings (SSSR count). The number of hydrogen-bond acceptors (Lipinski definition) is 8. The molecule has 0 bridgehead atoms. The van der Waals surface area contributed by atoms with Crippen LogP contribution in [-0.2, 0) is 4.79 Å². The number of nitro groups is 1. The van der Waals surface area contributed by atoms with Gasteiger partial charge in [0.15, 0.2) is 5.75 Å². The van der Waals surface area contributed by atoms with E-state index in [2.05, 4.69) is 13.8 Å². The number of hydrogen-bond donors (Lipinski definition) is 1. The van der Waals surface area contributed by atoms with E-state index in [4.69, 9.17) is 9.47 Å². The molecule has 10 heteroatoms. The lowest BCUT2D eigenvalue weighted by molar-refractivity contribution is -0.386. The number of aryl methyl sites for hydroxylation is 1. The molecule has 0 unspecified atom stereocenters. The highest BCUT2D eigenvalue weighted by atomic mass is 32.2. The standard InChI is InChI=1S/C23H24N2O7S/c1-13(2)16-7-5-14(3)11-18(16)32-10-9-24-22(27)19(33-23(24)28)12-15-6-8-17(26)21(31-4)20(15)25(29)30/h5-8,11-13,26H,9-10H2,1-4H3/b19-12-. The molecule has 33 heavy (non-hydrogen) atoms. The summed E-state index contributed by atoms with van der Waals surface area (Å²) in [5.41, 5.74) is 1.61. The molecule has 0 aliphatic carbocycles. The number of phenols is 1. The van der Waals surface area contributed by atoms with Gasteiger partial charge in [0.1, 0.15) is 12.4 Å². The van der Waals surface area contributed by atoms with Gasteiger partial charge >= 0.3 is 5.69 Å². The highest BCUT2D eigenvalue weighted by molar-refractivity contribution is 8.18. The smallest absolute Gasteiger partial charge is 0.322 e. The summed E-state index contributed by atoms with van der Waals surface area (Å²) in [6.45, 7) is 6.21. The van der Waals surface area contributed by atoms with Crippen LogP contribution in [0.15, 0.2) is 35.2 Å². The van der Waals surface area contributed by atoms with Crippen LogP contribution in [-0.4, -0.2) is 46.3 Å². The third-order valence-corrected chi connectivity index (χ3v) is 5.96. The summed E-state index contributed by atoms with van der Waals surface area (Å²) in [4.78, 5) is 37.1. The van der Waals surface area contributed by atoms with Gasteiger partial charge in [0.25, 0.3) is 11.1 Å². The molecular weight excluding hydrogens is 448 g/mol. The second-order valence-corrected chi connectivity index (χ2v) is 8.68. The van der Waals surface area contributed by atoms with Crippen molar-refractivity contribution in [2.24, 2.45) is 0 Å². The fourth-order valence-electron chi connectivity index (χ4n) is 3.41. The first kappa shape index (κ1) is 24.1. The minimum Gasteiger partial charge on any atom is -0.504 e. The van der Waals surface area contributed by atoms with Gasteiger partial charge in [-0.05, 0) is 60.0 Å². The summed E-state index contributed by atoms with van der Waals surface area (Å²) in [7, 11) is 1.19. The number of rotatable bonds is 8.